The summed E-state index contributed by atoms with van der Waals surface area (Å²) in [5, 5.41) is 18.3. The zero-order valence-electron chi connectivity index (χ0n) is 36.7. The topological polar surface area (TPSA) is 149 Å². The van der Waals surface area contributed by atoms with Gasteiger partial charge in [-0.15, -0.1) is 0 Å². The van der Waals surface area contributed by atoms with Crippen molar-refractivity contribution >= 4 is 19.8 Å². The Morgan fingerprint density at radius 3 is 1.46 bits per heavy atom. The van der Waals surface area contributed by atoms with Gasteiger partial charge < -0.3 is 24.6 Å². The Morgan fingerprint density at radius 2 is 0.949 bits per heavy atom. The van der Waals surface area contributed by atoms with Crippen LogP contribution in [-0.2, 0) is 32.7 Å². The van der Waals surface area contributed by atoms with Crippen molar-refractivity contribution in [1.82, 2.24) is 0 Å². The molecule has 0 fully saturated rings. The van der Waals surface area contributed by atoms with Gasteiger partial charge in [0.05, 0.1) is 19.8 Å². The highest BCUT2D eigenvalue weighted by atomic mass is 31.2. The van der Waals surface area contributed by atoms with Crippen molar-refractivity contribution in [3.63, 3.8) is 0 Å². The van der Waals surface area contributed by atoms with E-state index in [1.807, 2.05) is 12.2 Å². The molecule has 59 heavy (non-hydrogen) atoms. The minimum Gasteiger partial charge on any atom is -0.462 e. The third kappa shape index (κ3) is 43.1. The lowest BCUT2D eigenvalue weighted by molar-refractivity contribution is -0.161. The molecule has 0 aromatic carbocycles. The van der Waals surface area contributed by atoms with Crippen LogP contribution in [-0.4, -0.2) is 65.7 Å². The Bertz CT molecular complexity index is 1250. The van der Waals surface area contributed by atoms with Crippen molar-refractivity contribution in [2.75, 3.05) is 26.4 Å². The van der Waals surface area contributed by atoms with Crippen LogP contribution in [0, 0.1) is 0 Å². The van der Waals surface area contributed by atoms with Gasteiger partial charge in [0.25, 0.3) is 0 Å². The van der Waals surface area contributed by atoms with Gasteiger partial charge in [-0.1, -0.05) is 157 Å². The summed E-state index contributed by atoms with van der Waals surface area (Å²) in [4.78, 5) is 35.0. The highest BCUT2D eigenvalue weighted by molar-refractivity contribution is 7.47. The van der Waals surface area contributed by atoms with Gasteiger partial charge in [-0.25, -0.2) is 4.57 Å². The first-order valence-corrected chi connectivity index (χ1v) is 24.0. The molecule has 0 spiro atoms. The number of phosphoric ester groups is 1. The SMILES string of the molecule is CC/C=C\C/C=C\C/C=C\C/C=C\C/C=C\CCCC(=O)O[C@H](COC(=O)CCCCCCCCCCC/C=C\C/C=C\CCCCC)COP(=O)(O)OC[C@@H](O)CO. The lowest BCUT2D eigenvalue weighted by atomic mass is 10.1. The van der Waals surface area contributed by atoms with Gasteiger partial charge >= 0.3 is 19.8 Å². The number of allylic oxidation sites excluding steroid dienone is 14. The van der Waals surface area contributed by atoms with Crippen LogP contribution in [0.3, 0.4) is 0 Å². The molecule has 0 aliphatic rings. The number of carbonyl (C=O) groups excluding carboxylic acids is 2. The van der Waals surface area contributed by atoms with E-state index in [1.54, 1.807) is 0 Å². The van der Waals surface area contributed by atoms with Gasteiger partial charge in [0, 0.05) is 12.8 Å². The van der Waals surface area contributed by atoms with E-state index in [-0.39, 0.29) is 19.4 Å². The average Bonchev–Trinajstić information content (AvgIpc) is 3.22. The molecule has 0 bridgehead atoms. The maximum atomic E-state index is 12.6. The lowest BCUT2D eigenvalue weighted by Crippen LogP contribution is -2.29. The number of esters is 2. The standard InChI is InChI=1S/C48H81O10P/c1-3-5-7-9-11-13-15-17-19-21-22-24-25-27-29-31-33-35-37-39-47(51)55-43-46(44-57-59(53,54)56-42-45(50)41-49)58-48(52)40-38-36-34-32-30-28-26-23-20-18-16-14-12-10-8-6-4-2/h6,8,11-14,17-20,26,28,32,34,45-46,49-50H,3-5,7,9-10,15-16,21-25,27,29-31,33,35-44H2,1-2H3,(H,53,54)/b8-6-,13-11-,14-12-,19-17-,20-18-,28-26-,34-32-/t45-,46+/m0/s1. The molecule has 0 radical (unpaired) electrons. The molecule has 0 aliphatic carbocycles. The van der Waals surface area contributed by atoms with Crippen LogP contribution in [0.2, 0.25) is 0 Å². The van der Waals surface area contributed by atoms with Crippen LogP contribution in [0.5, 0.6) is 0 Å². The fraction of sp³-hybridized carbons (Fsp3) is 0.667. The predicted octanol–water partition coefficient (Wildman–Crippen LogP) is 12.2. The van der Waals surface area contributed by atoms with E-state index >= 15 is 0 Å². The van der Waals surface area contributed by atoms with Crippen molar-refractivity contribution in [2.45, 2.75) is 180 Å². The molecule has 338 valence electrons. The first-order valence-electron chi connectivity index (χ1n) is 22.5. The van der Waals surface area contributed by atoms with Crippen molar-refractivity contribution in [3.05, 3.63) is 85.1 Å². The van der Waals surface area contributed by atoms with E-state index in [2.05, 4.69) is 91.3 Å². The van der Waals surface area contributed by atoms with Crippen LogP contribution in [0.4, 0.5) is 0 Å². The monoisotopic (exact) mass is 849 g/mol. The molecule has 0 aliphatic heterocycles. The Labute approximate surface area is 358 Å². The fourth-order valence-electron chi connectivity index (χ4n) is 5.59. The summed E-state index contributed by atoms with van der Waals surface area (Å²) in [5.74, 6) is -1.00. The second kappa shape index (κ2) is 43.2. The first-order chi connectivity index (χ1) is 28.7. The van der Waals surface area contributed by atoms with Gasteiger partial charge in [-0.2, -0.15) is 0 Å². The van der Waals surface area contributed by atoms with Gasteiger partial charge in [0.1, 0.15) is 12.7 Å². The highest BCUT2D eigenvalue weighted by Crippen LogP contribution is 2.43. The third-order valence-electron chi connectivity index (χ3n) is 9.03. The zero-order chi connectivity index (χ0) is 43.3. The minimum absolute atomic E-state index is 0.101. The predicted molar refractivity (Wildman–Crippen MR) is 242 cm³/mol. The van der Waals surface area contributed by atoms with Crippen LogP contribution in [0.1, 0.15) is 168 Å². The summed E-state index contributed by atoms with van der Waals surface area (Å²) in [6, 6.07) is 0. The van der Waals surface area contributed by atoms with Crippen LogP contribution >= 0.6 is 7.82 Å². The largest absolute Gasteiger partial charge is 0.472 e. The summed E-state index contributed by atoms with van der Waals surface area (Å²) >= 11 is 0. The molecular weight excluding hydrogens is 767 g/mol. The van der Waals surface area contributed by atoms with Crippen LogP contribution in [0.25, 0.3) is 0 Å². The summed E-state index contributed by atoms with van der Waals surface area (Å²) in [5.41, 5.74) is 0. The number of aliphatic hydroxyl groups is 2. The van der Waals surface area contributed by atoms with Gasteiger partial charge in [0.15, 0.2) is 6.10 Å². The summed E-state index contributed by atoms with van der Waals surface area (Å²) in [6.07, 6.45) is 51.2. The molecule has 1 unspecified atom stereocenters. The minimum atomic E-state index is -4.64. The number of unbranched alkanes of at least 4 members (excludes halogenated alkanes) is 13. The number of ether oxygens (including phenoxy) is 2. The molecule has 0 rings (SSSR count). The molecule has 0 saturated heterocycles. The molecule has 0 amide bonds. The fourth-order valence-corrected chi connectivity index (χ4v) is 6.38. The summed E-state index contributed by atoms with van der Waals surface area (Å²) in [7, 11) is -4.64. The Balaban J connectivity index is 4.37. The maximum Gasteiger partial charge on any atom is 0.472 e. The number of aliphatic hydroxyl groups excluding tert-OH is 2. The number of hydrogen-bond acceptors (Lipinski definition) is 9. The van der Waals surface area contributed by atoms with Crippen molar-refractivity contribution in [1.29, 1.82) is 0 Å². The Morgan fingerprint density at radius 1 is 0.525 bits per heavy atom. The first kappa shape index (κ1) is 56.1. The van der Waals surface area contributed by atoms with Crippen molar-refractivity contribution in [3.8, 4) is 0 Å². The van der Waals surface area contributed by atoms with Crippen molar-refractivity contribution in [2.24, 2.45) is 0 Å². The molecule has 3 N–H and O–H groups in total. The van der Waals surface area contributed by atoms with E-state index in [4.69, 9.17) is 19.1 Å². The molecule has 0 aromatic rings. The third-order valence-corrected chi connectivity index (χ3v) is 9.98. The molecule has 10 nitrogen and oxygen atoms in total. The average molecular weight is 849 g/mol. The molecular formula is C48H81O10P. The van der Waals surface area contributed by atoms with Crippen LogP contribution in [0.15, 0.2) is 85.1 Å². The van der Waals surface area contributed by atoms with Crippen molar-refractivity contribution < 1.29 is 47.8 Å². The van der Waals surface area contributed by atoms with Crippen LogP contribution < -0.4 is 0 Å². The number of hydrogen-bond donors (Lipinski definition) is 3. The number of carbonyl (C=O) groups is 2. The van der Waals surface area contributed by atoms with Gasteiger partial charge in [-0.05, 0) is 83.5 Å². The lowest BCUT2D eigenvalue weighted by Gasteiger charge is -2.20. The van der Waals surface area contributed by atoms with E-state index in [0.717, 1.165) is 64.2 Å². The highest BCUT2D eigenvalue weighted by Gasteiger charge is 2.27. The number of phosphoric acid groups is 1. The number of rotatable bonds is 41. The van der Waals surface area contributed by atoms with Gasteiger partial charge in [-0.3, -0.25) is 18.6 Å². The quantitative estimate of drug-likeness (QED) is 0.0235. The second-order valence-electron chi connectivity index (χ2n) is 14.7. The van der Waals surface area contributed by atoms with Gasteiger partial charge in [0.2, 0.25) is 0 Å². The van der Waals surface area contributed by atoms with E-state index in [0.29, 0.717) is 19.3 Å². The second-order valence-corrected chi connectivity index (χ2v) is 16.1. The van der Waals surface area contributed by atoms with E-state index < -0.39 is 51.8 Å². The zero-order valence-corrected chi connectivity index (χ0v) is 37.6. The van der Waals surface area contributed by atoms with E-state index in [9.17, 15) is 24.2 Å². The molecule has 0 heterocycles. The Kier molecular flexibility index (Phi) is 41.2. The maximum absolute atomic E-state index is 12.6. The normalized spacial score (nSPS) is 14.6. The molecule has 3 atom stereocenters. The van der Waals surface area contributed by atoms with E-state index in [1.165, 1.54) is 57.8 Å². The smallest absolute Gasteiger partial charge is 0.462 e. The summed E-state index contributed by atoms with van der Waals surface area (Å²) < 4.78 is 32.7. The molecule has 0 saturated carbocycles. The molecule has 11 heteroatoms. The Hall–Kier alpha value is -2.85. The summed E-state index contributed by atoms with van der Waals surface area (Å²) in [6.45, 7) is 2.16. The molecule has 0 aromatic heterocycles.